The highest BCUT2D eigenvalue weighted by Crippen LogP contribution is 2.31. The van der Waals surface area contributed by atoms with E-state index in [1.165, 1.54) is 0 Å². The molecule has 3 atom stereocenters. The van der Waals surface area contributed by atoms with Gasteiger partial charge in [-0.1, -0.05) is 95.6 Å². The molecule has 0 nitrogen and oxygen atoms in total. The second-order valence-corrected chi connectivity index (χ2v) is 9.03. The summed E-state index contributed by atoms with van der Waals surface area (Å²) < 4.78 is 0.276. The van der Waals surface area contributed by atoms with Crippen LogP contribution in [0.25, 0.3) is 0 Å². The predicted molar refractivity (Wildman–Crippen MR) is 73.6 cm³/mol. The van der Waals surface area contributed by atoms with Crippen LogP contribution >= 0.6 is 95.6 Å². The van der Waals surface area contributed by atoms with Gasteiger partial charge in [0.15, 0.2) is 0 Å². The molecule has 0 bridgehead atoms. The van der Waals surface area contributed by atoms with Gasteiger partial charge in [0, 0.05) is 15.0 Å². The molecule has 0 aliphatic carbocycles. The Morgan fingerprint density at radius 2 is 1.27 bits per heavy atom. The number of alkyl halides is 6. The van der Waals surface area contributed by atoms with Gasteiger partial charge in [-0.05, 0) is 0 Å². The molecule has 68 valence electrons. The van der Waals surface area contributed by atoms with Crippen LogP contribution in [0.3, 0.4) is 0 Å². The van der Waals surface area contributed by atoms with Gasteiger partial charge in [-0.15, -0.1) is 0 Å². The predicted octanol–water partition coefficient (Wildman–Crippen LogP) is 4.79. The fourth-order valence-electron chi connectivity index (χ4n) is 0.424. The van der Waals surface area contributed by atoms with Crippen molar-refractivity contribution in [2.24, 2.45) is 0 Å². The highest BCUT2D eigenvalue weighted by atomic mass is 79.9. The van der Waals surface area contributed by atoms with Crippen molar-refractivity contribution in [3.8, 4) is 0 Å². The fraction of sp³-hybridized carbons (Fsp3) is 1.00. The van der Waals surface area contributed by atoms with Gasteiger partial charge in [-0.2, -0.15) is 0 Å². The summed E-state index contributed by atoms with van der Waals surface area (Å²) in [5.41, 5.74) is 0. The van der Waals surface area contributed by atoms with Crippen molar-refractivity contribution in [3.63, 3.8) is 0 Å². The van der Waals surface area contributed by atoms with Crippen molar-refractivity contribution in [1.82, 2.24) is 0 Å². The zero-order chi connectivity index (χ0) is 9.02. The van der Waals surface area contributed by atoms with Crippen LogP contribution in [0.4, 0.5) is 0 Å². The molecule has 0 saturated carbocycles. The molecule has 0 aliphatic rings. The van der Waals surface area contributed by atoms with Crippen LogP contribution in [0.2, 0.25) is 0 Å². The summed E-state index contributed by atoms with van der Waals surface area (Å²) in [7, 11) is 0. The average molecular weight is 546 g/mol. The maximum Gasteiger partial charge on any atom is 0.0833 e. The van der Waals surface area contributed by atoms with Crippen LogP contribution in [0, 0.1) is 0 Å². The van der Waals surface area contributed by atoms with Gasteiger partial charge in [0.05, 0.1) is 8.56 Å². The summed E-state index contributed by atoms with van der Waals surface area (Å²) in [4.78, 5) is 1.15. The summed E-state index contributed by atoms with van der Waals surface area (Å²) in [5.74, 6) is 0. The number of rotatable bonds is 4. The third kappa shape index (κ3) is 5.35. The first-order valence-electron chi connectivity index (χ1n) is 2.77. The molecule has 0 spiro atoms. The first-order valence-corrected chi connectivity index (χ1v) is 8.47. The van der Waals surface area contributed by atoms with Crippen molar-refractivity contribution >= 4 is 95.6 Å². The van der Waals surface area contributed by atoms with E-state index in [1.54, 1.807) is 0 Å². The van der Waals surface area contributed by atoms with Gasteiger partial charge in [0.2, 0.25) is 0 Å². The quantitative estimate of drug-likeness (QED) is 0.446. The van der Waals surface area contributed by atoms with E-state index in [2.05, 4.69) is 95.6 Å². The highest BCUT2D eigenvalue weighted by Gasteiger charge is 2.26. The molecule has 0 aromatic rings. The SMILES string of the molecule is BrCC(Br)C(Br)C(Br)C(Br)Br. The zero-order valence-electron chi connectivity index (χ0n) is 5.28. The Morgan fingerprint density at radius 1 is 0.818 bits per heavy atom. The normalized spacial score (nSPS) is 19.9. The maximum atomic E-state index is 3.59. The molecular weight excluding hydrogens is 539 g/mol. The Labute approximate surface area is 117 Å². The van der Waals surface area contributed by atoms with Crippen molar-refractivity contribution in [3.05, 3.63) is 0 Å². The monoisotopic (exact) mass is 540 g/mol. The van der Waals surface area contributed by atoms with Gasteiger partial charge in [0.25, 0.3) is 0 Å². The first-order chi connectivity index (χ1) is 5.00. The standard InChI is InChI=1S/C5H6Br6/c6-1-2(7)3(8)4(9)5(10)11/h2-5H,1H2. The van der Waals surface area contributed by atoms with Crippen LogP contribution in [-0.2, 0) is 0 Å². The summed E-state index contributed by atoms with van der Waals surface area (Å²) in [6, 6.07) is 0. The Morgan fingerprint density at radius 3 is 1.55 bits per heavy atom. The summed E-state index contributed by atoms with van der Waals surface area (Å²) in [6.07, 6.45) is 0. The van der Waals surface area contributed by atoms with Crippen LogP contribution in [0.5, 0.6) is 0 Å². The largest absolute Gasteiger partial charge is 0.0916 e. The molecule has 0 aliphatic heterocycles. The molecule has 0 aromatic heterocycles. The molecule has 0 aromatic carbocycles. The second kappa shape index (κ2) is 7.21. The van der Waals surface area contributed by atoms with Gasteiger partial charge >= 0.3 is 0 Å². The fourth-order valence-corrected chi connectivity index (χ4v) is 4.40. The second-order valence-electron chi connectivity index (χ2n) is 1.89. The van der Waals surface area contributed by atoms with Crippen LogP contribution in [0.15, 0.2) is 0 Å². The molecule has 0 fully saturated rings. The van der Waals surface area contributed by atoms with Gasteiger partial charge in [-0.3, -0.25) is 0 Å². The molecule has 0 rings (SSSR count). The van der Waals surface area contributed by atoms with E-state index in [0.717, 1.165) is 5.33 Å². The van der Waals surface area contributed by atoms with Crippen molar-refractivity contribution < 1.29 is 0 Å². The van der Waals surface area contributed by atoms with E-state index in [0.29, 0.717) is 14.5 Å². The average Bonchev–Trinajstić information content (AvgIpc) is 2.00. The number of hydrogen-bond acceptors (Lipinski definition) is 0. The summed E-state index contributed by atoms with van der Waals surface area (Å²) >= 11 is 21.0. The summed E-state index contributed by atoms with van der Waals surface area (Å²) in [5, 5.41) is 0.928. The molecule has 0 N–H and O–H groups in total. The van der Waals surface area contributed by atoms with E-state index < -0.39 is 0 Å². The molecule has 0 saturated heterocycles. The van der Waals surface area contributed by atoms with Crippen LogP contribution < -0.4 is 0 Å². The minimum absolute atomic E-state index is 0.276. The minimum Gasteiger partial charge on any atom is -0.0916 e. The van der Waals surface area contributed by atoms with Crippen molar-refractivity contribution in [1.29, 1.82) is 0 Å². The topological polar surface area (TPSA) is 0 Å². The van der Waals surface area contributed by atoms with E-state index in [-0.39, 0.29) is 3.74 Å². The molecule has 6 heteroatoms. The Kier molecular flexibility index (Phi) is 9.10. The van der Waals surface area contributed by atoms with E-state index in [1.807, 2.05) is 0 Å². The third-order valence-electron chi connectivity index (χ3n) is 1.04. The number of hydrogen-bond donors (Lipinski definition) is 0. The lowest BCUT2D eigenvalue weighted by atomic mass is 10.3. The van der Waals surface area contributed by atoms with Gasteiger partial charge < -0.3 is 0 Å². The lowest BCUT2D eigenvalue weighted by molar-refractivity contribution is 0.866. The molecule has 0 amide bonds. The van der Waals surface area contributed by atoms with E-state index in [4.69, 9.17) is 0 Å². The van der Waals surface area contributed by atoms with Gasteiger partial charge in [0.1, 0.15) is 0 Å². The Hall–Kier alpha value is 2.88. The Balaban J connectivity index is 3.90. The third-order valence-corrected chi connectivity index (χ3v) is 9.78. The van der Waals surface area contributed by atoms with Crippen LogP contribution in [0.1, 0.15) is 0 Å². The van der Waals surface area contributed by atoms with E-state index >= 15 is 0 Å². The first kappa shape index (κ1) is 13.9. The van der Waals surface area contributed by atoms with Crippen molar-refractivity contribution in [2.45, 2.75) is 18.2 Å². The zero-order valence-corrected chi connectivity index (χ0v) is 14.8. The Bertz CT molecular complexity index is 105. The van der Waals surface area contributed by atoms with Gasteiger partial charge in [-0.25, -0.2) is 0 Å². The van der Waals surface area contributed by atoms with Crippen molar-refractivity contribution in [2.75, 3.05) is 5.33 Å². The molecule has 3 unspecified atom stereocenters. The van der Waals surface area contributed by atoms with Crippen LogP contribution in [-0.4, -0.2) is 23.5 Å². The number of halogens is 6. The maximum absolute atomic E-state index is 3.59. The highest BCUT2D eigenvalue weighted by molar-refractivity contribution is 9.25. The lowest BCUT2D eigenvalue weighted by Gasteiger charge is -2.21. The molecule has 11 heavy (non-hydrogen) atoms. The molecule has 0 radical (unpaired) electrons. The molecular formula is C5H6Br6. The van der Waals surface area contributed by atoms with E-state index in [9.17, 15) is 0 Å². The summed E-state index contributed by atoms with van der Waals surface area (Å²) in [6.45, 7) is 0. The molecule has 0 heterocycles. The smallest absolute Gasteiger partial charge is 0.0833 e. The minimum atomic E-state index is 0.276. The lowest BCUT2D eigenvalue weighted by Crippen LogP contribution is -2.29.